The first kappa shape index (κ1) is 53.3. The molecule has 0 spiro atoms. The zero-order valence-corrected chi connectivity index (χ0v) is 41.4. The molecule has 0 unspecified atom stereocenters. The first-order valence-corrected chi connectivity index (χ1v) is 24.0. The van der Waals surface area contributed by atoms with E-state index in [0.29, 0.717) is 21.5 Å². The van der Waals surface area contributed by atoms with Gasteiger partial charge in [-0.05, 0) is 113 Å². The van der Waals surface area contributed by atoms with Gasteiger partial charge in [0.05, 0.1) is 27.2 Å². The van der Waals surface area contributed by atoms with Gasteiger partial charge in [-0.1, -0.05) is 84.3 Å². The Labute approximate surface area is 454 Å². The third-order valence-corrected chi connectivity index (χ3v) is 12.2. The quantitative estimate of drug-likeness (QED) is 0.0530. The topological polar surface area (TPSA) is 204 Å². The van der Waals surface area contributed by atoms with Crippen LogP contribution in [0.4, 0.5) is 55.3 Å². The van der Waals surface area contributed by atoms with Crippen molar-refractivity contribution in [3.8, 4) is 46.3 Å². The second-order valence-corrected chi connectivity index (χ2v) is 17.8. The van der Waals surface area contributed by atoms with Crippen LogP contribution in [-0.4, -0.2) is 51.7 Å². The highest BCUT2D eigenvalue weighted by Gasteiger charge is 2.31. The van der Waals surface area contributed by atoms with E-state index in [-0.39, 0.29) is 79.3 Å². The van der Waals surface area contributed by atoms with Gasteiger partial charge in [-0.3, -0.25) is 29.3 Å². The van der Waals surface area contributed by atoms with Crippen molar-refractivity contribution in [3.63, 3.8) is 0 Å². The zero-order valence-electron chi connectivity index (χ0n) is 41.4. The number of ether oxygens (including phenoxy) is 2. The van der Waals surface area contributed by atoms with E-state index in [4.69, 9.17) is 9.47 Å². The van der Waals surface area contributed by atoms with Crippen LogP contribution in [0.15, 0.2) is 164 Å². The standard InChI is InChI=1S/C60H35F6N7O8/c61-59(62,63)42-23-17-34(18-24-42)15-21-38-27-36-7-1-3-9-45(36)53-54-46-10-4-2-8-37(46)28-39(22-16-35-19-25-43(26-20-35)60(64,65)66)56(54)81-33-52(75)70-48-12-6-14-50(68-48)72-58(77)41-29-40(30-44(31-41)73(78)79)57(76)71-49-13-5-11-47(67-49)69-51(74)32-80-55(38)53/h1-14,17-20,23-31H,32-33H2,(H2,67,69,71,74,76)(H2,68,70,72,75,77). The number of aromatic nitrogens is 2. The van der Waals surface area contributed by atoms with Gasteiger partial charge in [0.25, 0.3) is 29.3 Å². The zero-order chi connectivity index (χ0) is 57.0. The van der Waals surface area contributed by atoms with E-state index in [0.717, 1.165) is 42.5 Å². The molecule has 1 aliphatic rings. The van der Waals surface area contributed by atoms with Crippen LogP contribution in [0.1, 0.15) is 54.1 Å². The molecule has 10 rings (SSSR count). The maximum absolute atomic E-state index is 14.1. The number of carbonyl (C=O) groups excluding carboxylic acids is 4. The lowest BCUT2D eigenvalue weighted by Crippen LogP contribution is -2.22. The second kappa shape index (κ2) is 22.1. The fourth-order valence-electron chi connectivity index (χ4n) is 8.54. The minimum atomic E-state index is -4.63. The van der Waals surface area contributed by atoms with Gasteiger partial charge >= 0.3 is 12.4 Å². The highest BCUT2D eigenvalue weighted by atomic mass is 19.4. The molecular formula is C60H35F6N7O8. The predicted molar refractivity (Wildman–Crippen MR) is 287 cm³/mol. The van der Waals surface area contributed by atoms with Crippen LogP contribution in [0.25, 0.3) is 32.7 Å². The first-order valence-electron chi connectivity index (χ1n) is 24.0. The molecule has 0 radical (unpaired) electrons. The average molecular weight is 1100 g/mol. The number of nitro groups is 1. The molecule has 7 aromatic carbocycles. The lowest BCUT2D eigenvalue weighted by Gasteiger charge is -2.22. The number of hydrogen-bond acceptors (Lipinski definition) is 10. The van der Waals surface area contributed by atoms with Crippen molar-refractivity contribution in [1.29, 1.82) is 0 Å². The summed E-state index contributed by atoms with van der Waals surface area (Å²) in [4.78, 5) is 75.3. The van der Waals surface area contributed by atoms with Crippen LogP contribution in [0.5, 0.6) is 11.5 Å². The molecule has 81 heavy (non-hydrogen) atoms. The number of anilines is 4. The van der Waals surface area contributed by atoms with Crippen molar-refractivity contribution in [3.05, 3.63) is 218 Å². The molecule has 4 amide bonds. The number of fused-ring (bicyclic) bond motifs is 13. The Bertz CT molecular complexity index is 3930. The van der Waals surface area contributed by atoms with Crippen LogP contribution in [0.2, 0.25) is 0 Å². The largest absolute Gasteiger partial charge is 0.482 e. The number of rotatable bonds is 1. The highest BCUT2D eigenvalue weighted by Crippen LogP contribution is 2.49. The number of pyridine rings is 2. The molecule has 0 saturated carbocycles. The number of nitrogens with zero attached hydrogens (tertiary/aromatic N) is 3. The van der Waals surface area contributed by atoms with Gasteiger partial charge in [0, 0.05) is 45.5 Å². The molecule has 400 valence electrons. The van der Waals surface area contributed by atoms with Crippen LogP contribution in [-0.2, 0) is 21.9 Å². The van der Waals surface area contributed by atoms with Gasteiger partial charge in [0.1, 0.15) is 34.8 Å². The van der Waals surface area contributed by atoms with Crippen LogP contribution in [0, 0.1) is 33.8 Å². The molecule has 4 N–H and O–H groups in total. The van der Waals surface area contributed by atoms with Gasteiger partial charge in [-0.15, -0.1) is 0 Å². The lowest BCUT2D eigenvalue weighted by atomic mass is 9.88. The summed E-state index contributed by atoms with van der Waals surface area (Å²) in [5.74, 6) is 7.85. The molecule has 15 nitrogen and oxygen atoms in total. The molecule has 0 fully saturated rings. The van der Waals surface area contributed by atoms with Crippen LogP contribution >= 0.6 is 0 Å². The van der Waals surface area contributed by atoms with Gasteiger partial charge in [0.2, 0.25) is 0 Å². The van der Waals surface area contributed by atoms with Crippen molar-refractivity contribution in [2.24, 2.45) is 0 Å². The summed E-state index contributed by atoms with van der Waals surface area (Å²) in [6.07, 6.45) is -9.26. The third kappa shape index (κ3) is 12.2. The number of nitrogens with one attached hydrogen (secondary N) is 4. The predicted octanol–water partition coefficient (Wildman–Crippen LogP) is 12.0. The fourth-order valence-corrected chi connectivity index (χ4v) is 8.54. The summed E-state index contributed by atoms with van der Waals surface area (Å²) >= 11 is 0. The Morgan fingerprint density at radius 2 is 0.852 bits per heavy atom. The van der Waals surface area contributed by atoms with Crippen LogP contribution in [0.3, 0.4) is 0 Å². The lowest BCUT2D eigenvalue weighted by molar-refractivity contribution is -0.384. The smallest absolute Gasteiger partial charge is 0.416 e. The maximum Gasteiger partial charge on any atom is 0.416 e. The van der Waals surface area contributed by atoms with Crippen molar-refractivity contribution < 1.29 is 59.9 Å². The first-order chi connectivity index (χ1) is 38.8. The van der Waals surface area contributed by atoms with E-state index < -0.39 is 70.9 Å². The number of non-ortho nitro benzene ring substituents is 1. The molecule has 1 aliphatic heterocycles. The molecule has 0 saturated heterocycles. The highest BCUT2D eigenvalue weighted by molar-refractivity contribution is 6.12. The Morgan fingerprint density at radius 3 is 1.23 bits per heavy atom. The summed E-state index contributed by atoms with van der Waals surface area (Å²) < 4.78 is 94.8. The van der Waals surface area contributed by atoms with E-state index in [1.165, 1.54) is 60.7 Å². The van der Waals surface area contributed by atoms with E-state index in [1.807, 2.05) is 0 Å². The minimum Gasteiger partial charge on any atom is -0.482 e. The summed E-state index contributed by atoms with van der Waals surface area (Å²) in [5.41, 5.74) is -2.01. The molecule has 3 heterocycles. The van der Waals surface area contributed by atoms with Crippen molar-refractivity contribution >= 4 is 74.1 Å². The molecule has 9 aromatic rings. The monoisotopic (exact) mass is 1100 g/mol. The Morgan fingerprint density at radius 1 is 0.469 bits per heavy atom. The van der Waals surface area contributed by atoms with E-state index in [9.17, 15) is 55.6 Å². The molecule has 21 heteroatoms. The number of hydrogen-bond donors (Lipinski definition) is 4. The minimum absolute atomic E-state index is 0.0607. The average Bonchev–Trinajstić information content (AvgIpc) is 3.32. The SMILES string of the molecule is O=C1COc2c(C#Cc3ccc(C(F)(F)F)cc3)cc3ccccc3c2-c2c(c(C#Cc3ccc(C(F)(F)F)cc3)cc3ccccc23)OCC(=O)Nc2cccc(n2)NC(=O)c2cc(cc([N+](=O)[O-])c2)C(=O)Nc2cccc(n2)N1. The van der Waals surface area contributed by atoms with Gasteiger partial charge in [0.15, 0.2) is 13.2 Å². The van der Waals surface area contributed by atoms with E-state index in [2.05, 4.69) is 54.9 Å². The summed E-state index contributed by atoms with van der Waals surface area (Å²) in [5, 5.41) is 24.3. The van der Waals surface area contributed by atoms with Crippen LogP contribution < -0.4 is 30.7 Å². The maximum atomic E-state index is 14.1. The molecular weight excluding hydrogens is 1060 g/mol. The fraction of sp³-hybridized carbons (Fsp3) is 0.0667. The second-order valence-electron chi connectivity index (χ2n) is 17.8. The third-order valence-electron chi connectivity index (χ3n) is 12.2. The van der Waals surface area contributed by atoms with Crippen molar-refractivity contribution in [2.45, 2.75) is 12.4 Å². The van der Waals surface area contributed by atoms with E-state index in [1.54, 1.807) is 60.7 Å². The number of amides is 4. The normalized spacial score (nSPS) is 13.1. The van der Waals surface area contributed by atoms with Gasteiger partial charge in [-0.2, -0.15) is 26.3 Å². The number of alkyl halides is 6. The molecule has 0 aliphatic carbocycles. The summed E-state index contributed by atoms with van der Waals surface area (Å²) in [6.45, 7) is -1.54. The molecule has 6 bridgehead atoms. The number of nitro benzene ring substituents is 1. The van der Waals surface area contributed by atoms with Gasteiger partial charge < -0.3 is 30.7 Å². The van der Waals surface area contributed by atoms with Gasteiger partial charge in [-0.25, -0.2) is 9.97 Å². The van der Waals surface area contributed by atoms with E-state index >= 15 is 0 Å². The Kier molecular flexibility index (Phi) is 14.6. The summed E-state index contributed by atoms with van der Waals surface area (Å²) in [7, 11) is 0. The number of benzene rings is 7. The summed E-state index contributed by atoms with van der Waals surface area (Å²) in [6, 6.07) is 36.8. The van der Waals surface area contributed by atoms with Crippen molar-refractivity contribution in [2.75, 3.05) is 34.5 Å². The van der Waals surface area contributed by atoms with Crippen molar-refractivity contribution in [1.82, 2.24) is 9.97 Å². The number of halogens is 6. The molecule has 2 aromatic heterocycles. The number of carbonyl (C=O) groups is 4. The molecule has 0 atom stereocenters. The Hall–Kier alpha value is -11.1. The Balaban J connectivity index is 1.18.